The predicted octanol–water partition coefficient (Wildman–Crippen LogP) is 3.90. The number of rotatable bonds is 4. The highest BCUT2D eigenvalue weighted by Crippen LogP contribution is 2.23. The molecule has 0 bridgehead atoms. The van der Waals surface area contributed by atoms with E-state index < -0.39 is 5.91 Å². The van der Waals surface area contributed by atoms with Crippen LogP contribution in [0, 0.1) is 18.3 Å². The molecule has 2 N–H and O–H groups in total. The topological polar surface area (TPSA) is 99.8 Å². The maximum absolute atomic E-state index is 13.0. The van der Waals surface area contributed by atoms with Gasteiger partial charge in [0.25, 0.3) is 11.8 Å². The SMILES string of the molecule is Cc1ccc(NC(=O)c2nc(C(=O)Nc3ccccc3C#N)n3c2CCCC3)cc1. The number of nitriles is 1. The molecule has 0 atom stereocenters. The highest BCUT2D eigenvalue weighted by Gasteiger charge is 2.27. The first-order valence-electron chi connectivity index (χ1n) is 9.84. The molecule has 0 radical (unpaired) electrons. The van der Waals surface area contributed by atoms with Crippen LogP contribution in [-0.2, 0) is 13.0 Å². The molecule has 0 saturated carbocycles. The minimum Gasteiger partial charge on any atom is -0.323 e. The normalized spacial score (nSPS) is 12.5. The highest BCUT2D eigenvalue weighted by molar-refractivity contribution is 6.07. The van der Waals surface area contributed by atoms with Crippen molar-refractivity contribution in [1.82, 2.24) is 9.55 Å². The van der Waals surface area contributed by atoms with Gasteiger partial charge in [-0.05, 0) is 50.5 Å². The number of hydrogen-bond donors (Lipinski definition) is 2. The standard InChI is InChI=1S/C23H21N5O2/c1-15-9-11-17(12-10-15)25-22(29)20-19-8-4-5-13-28(19)21(27-20)23(30)26-18-7-3-2-6-16(18)14-24/h2-3,6-7,9-12H,4-5,8,13H2,1H3,(H,25,29)(H,26,30). The minimum atomic E-state index is -0.435. The van der Waals surface area contributed by atoms with Gasteiger partial charge in [-0.1, -0.05) is 29.8 Å². The fraction of sp³-hybridized carbons (Fsp3) is 0.217. The molecule has 4 rings (SSSR count). The van der Waals surface area contributed by atoms with Gasteiger partial charge in [-0.15, -0.1) is 0 Å². The van der Waals surface area contributed by atoms with Crippen molar-refractivity contribution in [2.45, 2.75) is 32.7 Å². The van der Waals surface area contributed by atoms with Gasteiger partial charge in [-0.25, -0.2) is 4.98 Å². The summed E-state index contributed by atoms with van der Waals surface area (Å²) in [7, 11) is 0. The average molecular weight is 399 g/mol. The van der Waals surface area contributed by atoms with Crippen LogP contribution in [0.1, 0.15) is 50.8 Å². The second-order valence-corrected chi connectivity index (χ2v) is 7.27. The molecule has 1 aliphatic rings. The summed E-state index contributed by atoms with van der Waals surface area (Å²) in [5.41, 5.74) is 3.61. The Kier molecular flexibility index (Phi) is 5.31. The molecule has 0 saturated heterocycles. The Balaban J connectivity index is 1.64. The van der Waals surface area contributed by atoms with Crippen molar-refractivity contribution in [2.24, 2.45) is 0 Å². The van der Waals surface area contributed by atoms with Crippen molar-refractivity contribution < 1.29 is 9.59 Å². The van der Waals surface area contributed by atoms with Gasteiger partial charge in [-0.3, -0.25) is 9.59 Å². The van der Waals surface area contributed by atoms with Crippen LogP contribution in [0.3, 0.4) is 0 Å². The van der Waals surface area contributed by atoms with Crippen molar-refractivity contribution in [1.29, 1.82) is 5.26 Å². The van der Waals surface area contributed by atoms with Gasteiger partial charge in [0.2, 0.25) is 0 Å². The summed E-state index contributed by atoms with van der Waals surface area (Å²) in [6.07, 6.45) is 2.54. The van der Waals surface area contributed by atoms with E-state index in [4.69, 9.17) is 0 Å². The number of para-hydroxylation sites is 1. The number of nitrogens with zero attached hydrogens (tertiary/aromatic N) is 3. The van der Waals surface area contributed by atoms with E-state index >= 15 is 0 Å². The summed E-state index contributed by atoms with van der Waals surface area (Å²) in [5, 5.41) is 14.9. The van der Waals surface area contributed by atoms with E-state index in [1.165, 1.54) is 0 Å². The molecule has 7 nitrogen and oxygen atoms in total. The summed E-state index contributed by atoms with van der Waals surface area (Å²) in [4.78, 5) is 30.3. The van der Waals surface area contributed by atoms with Crippen molar-refractivity contribution in [2.75, 3.05) is 10.6 Å². The van der Waals surface area contributed by atoms with Gasteiger partial charge >= 0.3 is 0 Å². The lowest BCUT2D eigenvalue weighted by atomic mass is 10.1. The number of hydrogen-bond acceptors (Lipinski definition) is 4. The summed E-state index contributed by atoms with van der Waals surface area (Å²) in [6.45, 7) is 2.61. The third kappa shape index (κ3) is 3.80. The lowest BCUT2D eigenvalue weighted by Gasteiger charge is -2.17. The van der Waals surface area contributed by atoms with E-state index in [1.54, 1.807) is 24.3 Å². The summed E-state index contributed by atoms with van der Waals surface area (Å²) in [5.74, 6) is -0.581. The van der Waals surface area contributed by atoms with Gasteiger partial charge in [0.1, 0.15) is 6.07 Å². The fourth-order valence-electron chi connectivity index (χ4n) is 3.59. The van der Waals surface area contributed by atoms with E-state index in [2.05, 4.69) is 21.7 Å². The lowest BCUT2D eigenvalue weighted by Crippen LogP contribution is -2.21. The quantitative estimate of drug-likeness (QED) is 0.695. The van der Waals surface area contributed by atoms with Crippen LogP contribution in [0.25, 0.3) is 0 Å². The second kappa shape index (κ2) is 8.21. The lowest BCUT2D eigenvalue weighted by molar-refractivity contribution is 0.101. The summed E-state index contributed by atoms with van der Waals surface area (Å²) < 4.78 is 1.82. The van der Waals surface area contributed by atoms with Crippen LogP contribution < -0.4 is 10.6 Å². The first-order chi connectivity index (χ1) is 14.6. The van der Waals surface area contributed by atoms with Crippen molar-refractivity contribution in [3.8, 4) is 6.07 Å². The Hall–Kier alpha value is -3.92. The zero-order valence-electron chi connectivity index (χ0n) is 16.6. The molecule has 7 heteroatoms. The number of amides is 2. The molecule has 0 unspecified atom stereocenters. The summed E-state index contributed by atoms with van der Waals surface area (Å²) >= 11 is 0. The molecule has 2 heterocycles. The Morgan fingerprint density at radius 1 is 1.03 bits per heavy atom. The van der Waals surface area contributed by atoms with Gasteiger partial charge in [0.15, 0.2) is 11.5 Å². The molecule has 150 valence electrons. The van der Waals surface area contributed by atoms with E-state index in [-0.39, 0.29) is 17.4 Å². The molecular weight excluding hydrogens is 378 g/mol. The molecule has 0 spiro atoms. The van der Waals surface area contributed by atoms with Crippen molar-refractivity contribution in [3.05, 3.63) is 76.9 Å². The van der Waals surface area contributed by atoms with Crippen LogP contribution in [0.15, 0.2) is 48.5 Å². The number of anilines is 2. The maximum atomic E-state index is 13.0. The first kappa shape index (κ1) is 19.4. The summed E-state index contributed by atoms with van der Waals surface area (Å²) in [6, 6.07) is 16.4. The molecule has 2 aromatic carbocycles. The molecule has 30 heavy (non-hydrogen) atoms. The average Bonchev–Trinajstić information content (AvgIpc) is 3.16. The zero-order chi connectivity index (χ0) is 21.1. The van der Waals surface area contributed by atoms with Crippen LogP contribution in [-0.4, -0.2) is 21.4 Å². The second-order valence-electron chi connectivity index (χ2n) is 7.27. The smallest absolute Gasteiger partial charge is 0.291 e. The number of aryl methyl sites for hydroxylation is 1. The number of aromatic nitrogens is 2. The van der Waals surface area contributed by atoms with Crippen LogP contribution >= 0.6 is 0 Å². The minimum absolute atomic E-state index is 0.187. The number of nitrogens with one attached hydrogen (secondary N) is 2. The molecule has 1 aromatic heterocycles. The van der Waals surface area contributed by atoms with E-state index in [0.717, 1.165) is 24.1 Å². The molecule has 0 aliphatic carbocycles. The van der Waals surface area contributed by atoms with Gasteiger partial charge in [-0.2, -0.15) is 5.26 Å². The Labute approximate surface area is 174 Å². The van der Waals surface area contributed by atoms with Crippen LogP contribution in [0.2, 0.25) is 0 Å². The number of benzene rings is 2. The molecule has 0 fully saturated rings. The molecule has 1 aliphatic heterocycles. The number of imidazole rings is 1. The van der Waals surface area contributed by atoms with Crippen LogP contribution in [0.5, 0.6) is 0 Å². The van der Waals surface area contributed by atoms with E-state index in [9.17, 15) is 14.9 Å². The monoisotopic (exact) mass is 399 g/mol. The Morgan fingerprint density at radius 2 is 1.80 bits per heavy atom. The van der Waals surface area contributed by atoms with Gasteiger partial charge in [0.05, 0.1) is 16.9 Å². The Morgan fingerprint density at radius 3 is 2.57 bits per heavy atom. The fourth-order valence-corrected chi connectivity index (χ4v) is 3.59. The number of carbonyl (C=O) groups excluding carboxylic acids is 2. The maximum Gasteiger partial charge on any atom is 0.291 e. The van der Waals surface area contributed by atoms with Gasteiger partial charge < -0.3 is 15.2 Å². The van der Waals surface area contributed by atoms with Crippen molar-refractivity contribution in [3.63, 3.8) is 0 Å². The van der Waals surface area contributed by atoms with E-state index in [1.807, 2.05) is 35.8 Å². The third-order valence-electron chi connectivity index (χ3n) is 5.14. The zero-order valence-corrected chi connectivity index (χ0v) is 16.6. The Bertz CT molecular complexity index is 1160. The third-order valence-corrected chi connectivity index (χ3v) is 5.14. The van der Waals surface area contributed by atoms with Crippen LogP contribution in [0.4, 0.5) is 11.4 Å². The first-order valence-corrected chi connectivity index (χ1v) is 9.84. The largest absolute Gasteiger partial charge is 0.323 e. The van der Waals surface area contributed by atoms with Gasteiger partial charge in [0, 0.05) is 12.2 Å². The molecular formula is C23H21N5O2. The van der Waals surface area contributed by atoms with Crippen molar-refractivity contribution >= 4 is 23.2 Å². The molecule has 2 amide bonds. The number of carbonyl (C=O) groups is 2. The molecule has 3 aromatic rings. The van der Waals surface area contributed by atoms with E-state index in [0.29, 0.717) is 29.9 Å². The highest BCUT2D eigenvalue weighted by atomic mass is 16.2. The number of fused-ring (bicyclic) bond motifs is 1. The predicted molar refractivity (Wildman–Crippen MR) is 113 cm³/mol.